The number of esters is 1. The normalized spacial score (nSPS) is 22.0. The van der Waals surface area contributed by atoms with Gasteiger partial charge < -0.3 is 4.74 Å². The number of hydrogen-bond donors (Lipinski definition) is 0. The quantitative estimate of drug-likeness (QED) is 0.431. The number of aryl methyl sites for hydroxylation is 1. The van der Waals surface area contributed by atoms with Crippen LogP contribution in [0, 0.1) is 17.3 Å². The highest BCUT2D eigenvalue weighted by Gasteiger charge is 2.61. The Morgan fingerprint density at radius 1 is 1.36 bits per heavy atom. The molecule has 0 aliphatic heterocycles. The monoisotopic (exact) mass is 301 g/mol. The van der Waals surface area contributed by atoms with E-state index in [1.807, 2.05) is 12.3 Å². The van der Waals surface area contributed by atoms with Crippen LogP contribution in [0.4, 0.5) is 0 Å². The molecule has 3 heteroatoms. The van der Waals surface area contributed by atoms with E-state index in [4.69, 9.17) is 4.74 Å². The maximum Gasteiger partial charge on any atom is 0.310 e. The van der Waals surface area contributed by atoms with Crippen LogP contribution in [0.1, 0.15) is 46.1 Å². The van der Waals surface area contributed by atoms with Crippen molar-refractivity contribution in [3.63, 3.8) is 0 Å². The largest absolute Gasteiger partial charge is 0.465 e. The maximum atomic E-state index is 12.2. The average molecular weight is 301 g/mol. The van der Waals surface area contributed by atoms with Gasteiger partial charge in [0.15, 0.2) is 0 Å². The fraction of sp³-hybridized carbons (Fsp3) is 0.579. The third-order valence-corrected chi connectivity index (χ3v) is 4.50. The molecule has 1 aromatic rings. The molecule has 1 fully saturated rings. The van der Waals surface area contributed by atoms with Crippen molar-refractivity contribution in [1.82, 2.24) is 4.98 Å². The van der Waals surface area contributed by atoms with Crippen LogP contribution in [0.25, 0.3) is 0 Å². The fourth-order valence-electron chi connectivity index (χ4n) is 3.04. The summed E-state index contributed by atoms with van der Waals surface area (Å²) in [7, 11) is 0. The van der Waals surface area contributed by atoms with Crippen molar-refractivity contribution < 1.29 is 9.53 Å². The Morgan fingerprint density at radius 2 is 2.14 bits per heavy atom. The second-order valence-electron chi connectivity index (χ2n) is 7.05. The summed E-state index contributed by atoms with van der Waals surface area (Å²) in [5, 5.41) is 0. The zero-order chi connectivity index (χ0) is 16.2. The standard InChI is InChI=1S/C19H27NO2/c1-14(2)12-16-17(19(16,3)4)18(21)22-11-6-5-8-15-9-7-10-20-13-15/h7,9-10,12-13,16-17H,5-6,8,11H2,1-4H3. The Kier molecular flexibility index (Phi) is 5.38. The Hall–Kier alpha value is -1.64. The Morgan fingerprint density at radius 3 is 2.77 bits per heavy atom. The first kappa shape index (κ1) is 16.7. The fourth-order valence-corrected chi connectivity index (χ4v) is 3.04. The molecule has 22 heavy (non-hydrogen) atoms. The SMILES string of the molecule is CC(C)=CC1C(C(=O)OCCCCc2cccnc2)C1(C)C. The van der Waals surface area contributed by atoms with Gasteiger partial charge in [0.1, 0.15) is 0 Å². The molecule has 1 saturated carbocycles. The van der Waals surface area contributed by atoms with E-state index in [-0.39, 0.29) is 17.3 Å². The van der Waals surface area contributed by atoms with E-state index >= 15 is 0 Å². The van der Waals surface area contributed by atoms with E-state index in [0.29, 0.717) is 12.5 Å². The van der Waals surface area contributed by atoms with Crippen molar-refractivity contribution >= 4 is 5.97 Å². The molecular weight excluding hydrogens is 274 g/mol. The minimum Gasteiger partial charge on any atom is -0.465 e. The van der Waals surface area contributed by atoms with Crippen LogP contribution < -0.4 is 0 Å². The number of rotatable bonds is 7. The Labute approximate surface area is 133 Å². The van der Waals surface area contributed by atoms with Gasteiger partial charge in [0.05, 0.1) is 12.5 Å². The number of pyridine rings is 1. The van der Waals surface area contributed by atoms with Crippen molar-refractivity contribution in [1.29, 1.82) is 0 Å². The molecule has 0 saturated heterocycles. The summed E-state index contributed by atoms with van der Waals surface area (Å²) in [4.78, 5) is 16.3. The van der Waals surface area contributed by atoms with E-state index in [1.165, 1.54) is 11.1 Å². The van der Waals surface area contributed by atoms with E-state index < -0.39 is 0 Å². The lowest BCUT2D eigenvalue weighted by molar-refractivity contribution is -0.146. The second-order valence-corrected chi connectivity index (χ2v) is 7.05. The first-order valence-electron chi connectivity index (χ1n) is 8.13. The molecule has 1 aliphatic carbocycles. The van der Waals surface area contributed by atoms with Crippen LogP contribution in [0.2, 0.25) is 0 Å². The van der Waals surface area contributed by atoms with Crippen molar-refractivity contribution in [3.05, 3.63) is 41.7 Å². The van der Waals surface area contributed by atoms with Crippen molar-refractivity contribution in [3.8, 4) is 0 Å². The highest BCUT2D eigenvalue weighted by molar-refractivity contribution is 5.78. The van der Waals surface area contributed by atoms with Crippen LogP contribution in [-0.4, -0.2) is 17.6 Å². The van der Waals surface area contributed by atoms with Gasteiger partial charge in [-0.3, -0.25) is 9.78 Å². The number of carbonyl (C=O) groups is 1. The van der Waals surface area contributed by atoms with Gasteiger partial charge in [0, 0.05) is 12.4 Å². The van der Waals surface area contributed by atoms with Crippen LogP contribution >= 0.6 is 0 Å². The summed E-state index contributed by atoms with van der Waals surface area (Å²) in [6, 6.07) is 4.03. The summed E-state index contributed by atoms with van der Waals surface area (Å²) in [6.07, 6.45) is 8.79. The maximum absolute atomic E-state index is 12.2. The van der Waals surface area contributed by atoms with Gasteiger partial charge in [-0.1, -0.05) is 31.6 Å². The van der Waals surface area contributed by atoms with E-state index in [2.05, 4.69) is 44.8 Å². The molecule has 1 aromatic heterocycles. The number of ether oxygens (including phenoxy) is 1. The molecule has 1 aliphatic rings. The predicted molar refractivity (Wildman–Crippen MR) is 88.3 cm³/mol. The third-order valence-electron chi connectivity index (χ3n) is 4.50. The summed E-state index contributed by atoms with van der Waals surface area (Å²) >= 11 is 0. The second kappa shape index (κ2) is 7.08. The van der Waals surface area contributed by atoms with Crippen molar-refractivity contribution in [2.24, 2.45) is 17.3 Å². The lowest BCUT2D eigenvalue weighted by Crippen LogP contribution is -2.11. The highest BCUT2D eigenvalue weighted by atomic mass is 16.5. The molecule has 2 unspecified atom stereocenters. The molecule has 0 amide bonds. The van der Waals surface area contributed by atoms with Gasteiger partial charge in [-0.05, 0) is 56.1 Å². The molecule has 0 radical (unpaired) electrons. The van der Waals surface area contributed by atoms with E-state index in [9.17, 15) is 4.79 Å². The Balaban J connectivity index is 1.67. The predicted octanol–water partition coefficient (Wildman–Crippen LogP) is 4.19. The number of carbonyl (C=O) groups excluding carboxylic acids is 1. The molecule has 2 rings (SSSR count). The lowest BCUT2D eigenvalue weighted by atomic mass is 10.1. The molecule has 2 atom stereocenters. The van der Waals surface area contributed by atoms with E-state index in [1.54, 1.807) is 6.20 Å². The van der Waals surface area contributed by atoms with Gasteiger partial charge in [-0.25, -0.2) is 0 Å². The number of aromatic nitrogens is 1. The van der Waals surface area contributed by atoms with Gasteiger partial charge >= 0.3 is 5.97 Å². The Bertz CT molecular complexity index is 530. The number of unbranched alkanes of at least 4 members (excludes halogenated alkanes) is 1. The van der Waals surface area contributed by atoms with Gasteiger partial charge in [-0.2, -0.15) is 0 Å². The first-order chi connectivity index (χ1) is 10.4. The lowest BCUT2D eigenvalue weighted by Gasteiger charge is -2.05. The third kappa shape index (κ3) is 4.19. The number of allylic oxidation sites excluding steroid dienone is 2. The van der Waals surface area contributed by atoms with Gasteiger partial charge in [0.25, 0.3) is 0 Å². The number of hydrogen-bond acceptors (Lipinski definition) is 3. The molecule has 0 spiro atoms. The minimum absolute atomic E-state index is 0.0284. The topological polar surface area (TPSA) is 39.2 Å². The van der Waals surface area contributed by atoms with Crippen molar-refractivity contribution in [2.75, 3.05) is 6.61 Å². The number of nitrogens with zero attached hydrogens (tertiary/aromatic N) is 1. The summed E-state index contributed by atoms with van der Waals surface area (Å²) in [6.45, 7) is 8.97. The molecule has 0 bridgehead atoms. The van der Waals surface area contributed by atoms with E-state index in [0.717, 1.165) is 19.3 Å². The first-order valence-corrected chi connectivity index (χ1v) is 8.13. The summed E-state index contributed by atoms with van der Waals surface area (Å²) < 4.78 is 5.47. The zero-order valence-electron chi connectivity index (χ0n) is 14.1. The smallest absolute Gasteiger partial charge is 0.310 e. The van der Waals surface area contributed by atoms with Gasteiger partial charge in [0.2, 0.25) is 0 Å². The van der Waals surface area contributed by atoms with Crippen LogP contribution in [-0.2, 0) is 16.0 Å². The molecule has 0 aromatic carbocycles. The van der Waals surface area contributed by atoms with Crippen molar-refractivity contribution in [2.45, 2.75) is 47.0 Å². The highest BCUT2D eigenvalue weighted by Crippen LogP contribution is 2.59. The van der Waals surface area contributed by atoms with Crippen LogP contribution in [0.5, 0.6) is 0 Å². The van der Waals surface area contributed by atoms with Crippen LogP contribution in [0.3, 0.4) is 0 Å². The minimum atomic E-state index is -0.0334. The molecule has 120 valence electrons. The zero-order valence-corrected chi connectivity index (χ0v) is 14.1. The average Bonchev–Trinajstić information content (AvgIpc) is 2.99. The molecule has 1 heterocycles. The summed E-state index contributed by atoms with van der Waals surface area (Å²) in [5.74, 6) is 0.329. The molecular formula is C19H27NO2. The summed E-state index contributed by atoms with van der Waals surface area (Å²) in [5.41, 5.74) is 2.55. The van der Waals surface area contributed by atoms with Crippen LogP contribution in [0.15, 0.2) is 36.2 Å². The van der Waals surface area contributed by atoms with Gasteiger partial charge in [-0.15, -0.1) is 0 Å². The molecule has 0 N–H and O–H groups in total. The molecule has 3 nitrogen and oxygen atoms in total.